The number of rotatable bonds is 0. The van der Waals surface area contributed by atoms with E-state index in [-0.39, 0.29) is 24.6 Å². The van der Waals surface area contributed by atoms with E-state index in [4.69, 9.17) is 39.9 Å². The molecule has 19 N–H and O–H groups in total. The van der Waals surface area contributed by atoms with Crippen molar-refractivity contribution in [3.05, 3.63) is 0 Å². The van der Waals surface area contributed by atoms with Crippen molar-refractivity contribution in [2.24, 2.45) is 5.73 Å². The van der Waals surface area contributed by atoms with Gasteiger partial charge in [0.25, 0.3) is 0 Å². The maximum atomic E-state index is 8.78. The van der Waals surface area contributed by atoms with E-state index in [2.05, 4.69) is 5.73 Å². The molecule has 0 saturated heterocycles. The first-order chi connectivity index (χ1) is 5.20. The first-order valence-corrected chi connectivity index (χ1v) is 2.02. The van der Waals surface area contributed by atoms with Crippen LogP contribution in [0.4, 0.5) is 14.4 Å². The number of nitrogens with two attached hydrogens (primary N) is 1. The molecule has 13 heteroatoms. The zero-order chi connectivity index (χ0) is 10.7. The van der Waals surface area contributed by atoms with Gasteiger partial charge in [0.15, 0.2) is 0 Å². The van der Waals surface area contributed by atoms with Crippen LogP contribution in [0.25, 0.3) is 0 Å². The van der Waals surface area contributed by atoms with E-state index in [0.717, 1.165) is 0 Å². The van der Waals surface area contributed by atoms with Crippen molar-refractivity contribution >= 4 is 18.4 Å². The van der Waals surface area contributed by atoms with E-state index in [0.29, 0.717) is 0 Å². The van der Waals surface area contributed by atoms with Crippen LogP contribution in [-0.4, -0.2) is 43.9 Å². The Kier molecular flexibility index (Phi) is 120. The number of carboxylic acid groups (broad SMARTS) is 5. The quantitative estimate of drug-likeness (QED) is 0.285. The average molecular weight is 253 g/mol. The van der Waals surface area contributed by atoms with E-state index in [1.807, 2.05) is 0 Å². The smallest absolute Gasteiger partial charge is 0.465 e. The number of hydrogen-bond acceptors (Lipinski definition) is 7. The fraction of sp³-hybridized carbons (Fsp3) is 0. The number of carbonyl (C=O) groups is 3. The lowest BCUT2D eigenvalue weighted by Gasteiger charge is -1.61. The van der Waals surface area contributed by atoms with Crippen LogP contribution in [0, 0.1) is 0 Å². The molecular formula is C3H19N5O8. The molecule has 0 aromatic rings. The van der Waals surface area contributed by atoms with Gasteiger partial charge in [-0.1, -0.05) is 0 Å². The van der Waals surface area contributed by atoms with Gasteiger partial charge < -0.3 is 55.9 Å². The van der Waals surface area contributed by atoms with E-state index in [9.17, 15) is 0 Å². The van der Waals surface area contributed by atoms with Crippen molar-refractivity contribution in [2.75, 3.05) is 0 Å². The van der Waals surface area contributed by atoms with Gasteiger partial charge in [-0.05, 0) is 0 Å². The minimum atomic E-state index is -1.83. The van der Waals surface area contributed by atoms with E-state index in [1.54, 1.807) is 0 Å². The van der Waals surface area contributed by atoms with Gasteiger partial charge in [0.2, 0.25) is 0 Å². The topological polar surface area (TPSA) is 318 Å². The summed E-state index contributed by atoms with van der Waals surface area (Å²) in [5.41, 5.74) is 4.03. The molecule has 0 rings (SSSR count). The molecule has 0 radical (unpaired) electrons. The Labute approximate surface area is 89.8 Å². The lowest BCUT2D eigenvalue weighted by Crippen LogP contribution is -2.03. The summed E-state index contributed by atoms with van der Waals surface area (Å²) in [6, 6.07) is 0. The van der Waals surface area contributed by atoms with Crippen molar-refractivity contribution < 1.29 is 39.9 Å². The van der Waals surface area contributed by atoms with E-state index < -0.39 is 18.4 Å². The van der Waals surface area contributed by atoms with Gasteiger partial charge in [0.1, 0.15) is 0 Å². The van der Waals surface area contributed by atoms with Crippen LogP contribution in [0.2, 0.25) is 0 Å². The molecule has 0 aromatic heterocycles. The van der Waals surface area contributed by atoms with Gasteiger partial charge in [-0.2, -0.15) is 0 Å². The molecule has 0 spiro atoms. The summed E-state index contributed by atoms with van der Waals surface area (Å²) in [5.74, 6) is 0. The van der Waals surface area contributed by atoms with Gasteiger partial charge in [-0.3, -0.25) is 0 Å². The highest BCUT2D eigenvalue weighted by Gasteiger charge is 1.70. The number of primary amides is 1. The molecular weight excluding hydrogens is 234 g/mol. The molecule has 0 aliphatic carbocycles. The zero-order valence-corrected chi connectivity index (χ0v) is 8.37. The highest BCUT2D eigenvalue weighted by molar-refractivity contribution is 5.61. The Balaban J connectivity index is -0.0000000135. The normalized spacial score (nSPS) is 4.50. The first-order valence-electron chi connectivity index (χ1n) is 2.02. The third-order valence-electron chi connectivity index (χ3n) is 0. The second-order valence-corrected chi connectivity index (χ2v) is 0.903. The highest BCUT2D eigenvalue weighted by atomic mass is 16.6. The summed E-state index contributed by atoms with van der Waals surface area (Å²) >= 11 is 0. The van der Waals surface area contributed by atoms with Gasteiger partial charge in [-0.15, -0.1) is 0 Å². The van der Waals surface area contributed by atoms with Crippen molar-refractivity contribution in [3.8, 4) is 0 Å². The second kappa shape index (κ2) is 38.8. The van der Waals surface area contributed by atoms with E-state index in [1.165, 1.54) is 0 Å². The fourth-order valence-electron chi connectivity index (χ4n) is 0. The largest absolute Gasteiger partial charge is 0.503 e. The summed E-state index contributed by atoms with van der Waals surface area (Å²) in [5, 5.41) is 35.1. The molecule has 0 aliphatic rings. The zero-order valence-electron chi connectivity index (χ0n) is 8.37. The summed E-state index contributed by atoms with van der Waals surface area (Å²) in [6.45, 7) is 0. The van der Waals surface area contributed by atoms with Crippen LogP contribution in [-0.2, 0) is 0 Å². The van der Waals surface area contributed by atoms with Crippen molar-refractivity contribution in [2.45, 2.75) is 0 Å². The molecule has 13 nitrogen and oxygen atoms in total. The standard InChI is InChI=1S/CH3NO2.2CH2O3.4H3N/c3*2-1(3)4;;;;/h2H2,(H,3,4);2*(H2,2,3,4);4*1H3. The molecule has 16 heavy (non-hydrogen) atoms. The maximum absolute atomic E-state index is 8.78. The molecule has 0 unspecified atom stereocenters. The van der Waals surface area contributed by atoms with Gasteiger partial charge in [-0.25, -0.2) is 14.4 Å². The predicted molar refractivity (Wildman–Crippen MR) is 53.6 cm³/mol. The van der Waals surface area contributed by atoms with Crippen LogP contribution in [0.15, 0.2) is 0 Å². The molecule has 0 atom stereocenters. The van der Waals surface area contributed by atoms with Crippen LogP contribution < -0.4 is 30.3 Å². The van der Waals surface area contributed by atoms with Gasteiger partial charge in [0, 0.05) is 0 Å². The van der Waals surface area contributed by atoms with Crippen LogP contribution in [0.1, 0.15) is 0 Å². The van der Waals surface area contributed by atoms with Crippen molar-refractivity contribution in [3.63, 3.8) is 0 Å². The van der Waals surface area contributed by atoms with Crippen LogP contribution >= 0.6 is 0 Å². The minimum absolute atomic E-state index is 0. The first kappa shape index (κ1) is 49.4. The lowest BCUT2D eigenvalue weighted by atomic mass is 11.3. The van der Waals surface area contributed by atoms with E-state index >= 15 is 0 Å². The second-order valence-electron chi connectivity index (χ2n) is 0.903. The average Bonchev–Trinajstić information content (AvgIpc) is 1.54. The maximum Gasteiger partial charge on any atom is 0.503 e. The van der Waals surface area contributed by atoms with Crippen LogP contribution in [0.3, 0.4) is 0 Å². The Morgan fingerprint density at radius 3 is 0.625 bits per heavy atom. The summed E-state index contributed by atoms with van der Waals surface area (Å²) in [6.07, 6.45) is -5.00. The van der Waals surface area contributed by atoms with Crippen molar-refractivity contribution in [1.82, 2.24) is 24.6 Å². The molecule has 0 saturated carbocycles. The summed E-state index contributed by atoms with van der Waals surface area (Å²) in [4.78, 5) is 25.9. The minimum Gasteiger partial charge on any atom is -0.465 e. The molecule has 1 amide bonds. The van der Waals surface area contributed by atoms with Gasteiger partial charge in [0.05, 0.1) is 0 Å². The SMILES string of the molecule is N.N.N.N.NC(=O)O.O=C(O)O.O=C(O)O. The Hall–Kier alpha value is -2.35. The van der Waals surface area contributed by atoms with Crippen LogP contribution in [0.5, 0.6) is 0 Å². The molecule has 0 aromatic carbocycles. The highest BCUT2D eigenvalue weighted by Crippen LogP contribution is 1.43. The number of hydrogen-bond donors (Lipinski definition) is 10. The Morgan fingerprint density at radius 2 is 0.625 bits per heavy atom. The molecule has 0 bridgehead atoms. The van der Waals surface area contributed by atoms with Crippen molar-refractivity contribution in [1.29, 1.82) is 0 Å². The third-order valence-corrected chi connectivity index (χ3v) is 0. The number of amides is 1. The summed E-state index contributed by atoms with van der Waals surface area (Å²) < 4.78 is 0. The predicted octanol–water partition coefficient (Wildman–Crippen LogP) is 0.716. The molecule has 104 valence electrons. The fourth-order valence-corrected chi connectivity index (χ4v) is 0. The third kappa shape index (κ3) is 239. The lowest BCUT2D eigenvalue weighted by molar-refractivity contribution is 0.135. The summed E-state index contributed by atoms with van der Waals surface area (Å²) in [7, 11) is 0. The molecule has 0 heterocycles. The molecule has 0 aliphatic heterocycles. The van der Waals surface area contributed by atoms with Gasteiger partial charge >= 0.3 is 18.4 Å². The molecule has 0 fully saturated rings. The monoisotopic (exact) mass is 253 g/mol. The Bertz CT molecular complexity index is 121. The Morgan fingerprint density at radius 1 is 0.625 bits per heavy atom.